The van der Waals surface area contributed by atoms with Gasteiger partial charge in [-0.2, -0.15) is 0 Å². The zero-order valence-electron chi connectivity index (χ0n) is 7.44. The van der Waals surface area contributed by atoms with Crippen LogP contribution in [0.4, 0.5) is 0 Å². The number of rotatable bonds is 1. The van der Waals surface area contributed by atoms with Gasteiger partial charge in [-0.15, -0.1) is 0 Å². The maximum Gasteiger partial charge on any atom is 0.318 e. The number of hydrogen-bond donors (Lipinski definition) is 0. The predicted octanol–water partition coefficient (Wildman–Crippen LogP) is 2.95. The molecule has 0 aromatic heterocycles. The van der Waals surface area contributed by atoms with Gasteiger partial charge in [-0.3, -0.25) is 4.79 Å². The predicted molar refractivity (Wildman–Crippen MR) is 56.9 cm³/mol. The zero-order valence-corrected chi connectivity index (χ0v) is 9.03. The van der Waals surface area contributed by atoms with Crippen LogP contribution in [-0.2, 0) is 9.53 Å². The third-order valence-corrected chi connectivity index (χ3v) is 2.76. The summed E-state index contributed by atoms with van der Waals surface area (Å²) in [5.74, 6) is 0.394. The van der Waals surface area contributed by atoms with Crippen LogP contribution in [0.15, 0.2) is 41.1 Å². The van der Waals surface area contributed by atoms with Crippen molar-refractivity contribution in [2.45, 2.75) is 12.3 Å². The molecule has 0 N–H and O–H groups in total. The number of allylic oxidation sites excluding steroid dienone is 1. The third-order valence-electron chi connectivity index (χ3n) is 2.25. The number of cyclic esters (lactones) is 1. The number of carbonyl (C=O) groups excluding carboxylic acids is 1. The van der Waals surface area contributed by atoms with Gasteiger partial charge in [0.2, 0.25) is 0 Å². The second-order valence-corrected chi connectivity index (χ2v) is 3.62. The van der Waals surface area contributed by atoms with Crippen LogP contribution in [0.25, 0.3) is 0 Å². The van der Waals surface area contributed by atoms with Gasteiger partial charge in [0.1, 0.15) is 5.76 Å². The van der Waals surface area contributed by atoms with Crippen LogP contribution in [-0.4, -0.2) is 5.97 Å². The van der Waals surface area contributed by atoms with Crippen molar-refractivity contribution in [3.05, 3.63) is 46.6 Å². The molecular formula is C11H9BrO2. The summed E-state index contributed by atoms with van der Waals surface area (Å²) in [6, 6.07) is 9.69. The molecule has 72 valence electrons. The van der Waals surface area contributed by atoms with E-state index in [1.54, 1.807) is 4.99 Å². The molecule has 0 saturated carbocycles. The normalized spacial score (nSPS) is 23.9. The highest BCUT2D eigenvalue weighted by molar-refractivity contribution is 9.11. The molecule has 1 heterocycles. The molecule has 0 bridgehead atoms. The lowest BCUT2D eigenvalue weighted by atomic mass is 9.97. The molecule has 2 rings (SSSR count). The Morgan fingerprint density at radius 1 is 1.36 bits per heavy atom. The summed E-state index contributed by atoms with van der Waals surface area (Å²) in [6.45, 7) is 0. The van der Waals surface area contributed by atoms with Gasteiger partial charge < -0.3 is 4.74 Å². The van der Waals surface area contributed by atoms with Crippen molar-refractivity contribution < 1.29 is 9.53 Å². The molecule has 2 nitrogen and oxygen atoms in total. The molecule has 14 heavy (non-hydrogen) atoms. The van der Waals surface area contributed by atoms with Gasteiger partial charge in [0.05, 0.1) is 5.92 Å². The largest absolute Gasteiger partial charge is 0.430 e. The van der Waals surface area contributed by atoms with Crippen LogP contribution in [0.1, 0.15) is 17.9 Å². The molecule has 0 radical (unpaired) electrons. The van der Waals surface area contributed by atoms with E-state index in [2.05, 4.69) is 15.9 Å². The highest BCUT2D eigenvalue weighted by atomic mass is 79.9. The van der Waals surface area contributed by atoms with Gasteiger partial charge in [0.15, 0.2) is 0 Å². The molecule has 0 spiro atoms. The van der Waals surface area contributed by atoms with Crippen LogP contribution in [0.2, 0.25) is 0 Å². The van der Waals surface area contributed by atoms with Crippen LogP contribution >= 0.6 is 15.9 Å². The quantitative estimate of drug-likeness (QED) is 0.719. The molecule has 1 aromatic rings. The van der Waals surface area contributed by atoms with E-state index in [0.717, 1.165) is 5.56 Å². The van der Waals surface area contributed by atoms with Crippen molar-refractivity contribution in [3.8, 4) is 0 Å². The van der Waals surface area contributed by atoms with Crippen molar-refractivity contribution >= 4 is 21.9 Å². The summed E-state index contributed by atoms with van der Waals surface area (Å²) < 4.78 is 5.05. The van der Waals surface area contributed by atoms with Gasteiger partial charge in [-0.25, -0.2) is 0 Å². The Morgan fingerprint density at radius 3 is 2.64 bits per heavy atom. The van der Waals surface area contributed by atoms with Crippen molar-refractivity contribution in [2.24, 2.45) is 0 Å². The number of halogens is 1. The van der Waals surface area contributed by atoms with E-state index in [1.165, 1.54) is 0 Å². The van der Waals surface area contributed by atoms with Gasteiger partial charge in [0, 0.05) is 11.4 Å². The number of carbonyl (C=O) groups is 1. The van der Waals surface area contributed by atoms with E-state index >= 15 is 0 Å². The summed E-state index contributed by atoms with van der Waals surface area (Å²) in [4.78, 5) is 13.1. The second-order valence-electron chi connectivity index (χ2n) is 3.16. The molecule has 1 aromatic carbocycles. The lowest BCUT2D eigenvalue weighted by Crippen LogP contribution is -2.04. The van der Waals surface area contributed by atoms with Crippen molar-refractivity contribution in [2.75, 3.05) is 0 Å². The monoisotopic (exact) mass is 252 g/mol. The lowest BCUT2D eigenvalue weighted by Gasteiger charge is -2.03. The Bertz CT molecular complexity index is 370. The fraction of sp³-hybridized carbons (Fsp3) is 0.182. The van der Waals surface area contributed by atoms with Crippen molar-refractivity contribution in [1.29, 1.82) is 0 Å². The first-order chi connectivity index (χ1) is 6.81. The average Bonchev–Trinajstić information content (AvgIpc) is 2.61. The average molecular weight is 253 g/mol. The maximum absolute atomic E-state index is 11.5. The van der Waals surface area contributed by atoms with E-state index in [-0.39, 0.29) is 11.9 Å². The minimum Gasteiger partial charge on any atom is -0.430 e. The Kier molecular flexibility index (Phi) is 2.68. The molecule has 0 amide bonds. The standard InChI is InChI=1S/C11H9BrO2/c12-7-9-6-10(11(13)14-9)8-4-2-1-3-5-8/h1-5,7,10H,6H2/b9-7+. The lowest BCUT2D eigenvalue weighted by molar-refractivity contribution is -0.136. The van der Waals surface area contributed by atoms with Crippen LogP contribution < -0.4 is 0 Å². The second kappa shape index (κ2) is 3.96. The highest BCUT2D eigenvalue weighted by Crippen LogP contribution is 2.33. The molecule has 1 fully saturated rings. The van der Waals surface area contributed by atoms with E-state index in [0.29, 0.717) is 12.2 Å². The van der Waals surface area contributed by atoms with Crippen LogP contribution in [0.3, 0.4) is 0 Å². The van der Waals surface area contributed by atoms with E-state index in [9.17, 15) is 4.79 Å². The van der Waals surface area contributed by atoms with E-state index < -0.39 is 0 Å². The fourth-order valence-electron chi connectivity index (χ4n) is 1.53. The minimum atomic E-state index is -0.165. The first-order valence-corrected chi connectivity index (χ1v) is 5.28. The Balaban J connectivity index is 2.25. The summed E-state index contributed by atoms with van der Waals surface area (Å²) in [6.07, 6.45) is 0.647. The van der Waals surface area contributed by atoms with E-state index in [1.807, 2.05) is 30.3 Å². The molecule has 3 heteroatoms. The SMILES string of the molecule is O=C1O/C(=C/Br)CC1c1ccccc1. The fourth-order valence-corrected chi connectivity index (χ4v) is 1.81. The van der Waals surface area contributed by atoms with Crippen LogP contribution in [0, 0.1) is 0 Å². The number of hydrogen-bond acceptors (Lipinski definition) is 2. The number of ether oxygens (including phenoxy) is 1. The van der Waals surface area contributed by atoms with Gasteiger partial charge in [-0.1, -0.05) is 46.3 Å². The molecule has 1 aliphatic rings. The summed E-state index contributed by atoms with van der Waals surface area (Å²) in [5, 5.41) is 0. The molecular weight excluding hydrogens is 244 g/mol. The van der Waals surface area contributed by atoms with Crippen LogP contribution in [0.5, 0.6) is 0 Å². The summed E-state index contributed by atoms with van der Waals surface area (Å²) in [5.41, 5.74) is 1.02. The molecule has 1 aliphatic heterocycles. The summed E-state index contributed by atoms with van der Waals surface area (Å²) in [7, 11) is 0. The smallest absolute Gasteiger partial charge is 0.318 e. The summed E-state index contributed by atoms with van der Waals surface area (Å²) >= 11 is 3.16. The molecule has 1 atom stereocenters. The Morgan fingerprint density at radius 2 is 2.07 bits per heavy atom. The Labute approximate surface area is 90.7 Å². The topological polar surface area (TPSA) is 26.3 Å². The van der Waals surface area contributed by atoms with Crippen molar-refractivity contribution in [3.63, 3.8) is 0 Å². The third kappa shape index (κ3) is 1.73. The Hall–Kier alpha value is -1.09. The van der Waals surface area contributed by atoms with E-state index in [4.69, 9.17) is 4.74 Å². The highest BCUT2D eigenvalue weighted by Gasteiger charge is 2.31. The zero-order chi connectivity index (χ0) is 9.97. The number of benzene rings is 1. The number of esters is 1. The minimum absolute atomic E-state index is 0.139. The first-order valence-electron chi connectivity index (χ1n) is 4.37. The first kappa shape index (κ1) is 9.46. The van der Waals surface area contributed by atoms with Gasteiger partial charge in [-0.05, 0) is 5.56 Å². The van der Waals surface area contributed by atoms with Crippen molar-refractivity contribution in [1.82, 2.24) is 0 Å². The van der Waals surface area contributed by atoms with Gasteiger partial charge in [0.25, 0.3) is 0 Å². The van der Waals surface area contributed by atoms with Gasteiger partial charge >= 0.3 is 5.97 Å². The maximum atomic E-state index is 11.5. The molecule has 1 saturated heterocycles. The molecule has 0 aliphatic carbocycles. The molecule has 1 unspecified atom stereocenters.